The van der Waals surface area contributed by atoms with Gasteiger partial charge < -0.3 is 4.57 Å². The zero-order valence-corrected chi connectivity index (χ0v) is 13.0. The number of rotatable bonds is 5. The van der Waals surface area contributed by atoms with Gasteiger partial charge >= 0.3 is 0 Å². The van der Waals surface area contributed by atoms with Crippen molar-refractivity contribution in [2.45, 2.75) is 56.0 Å². The molecule has 4 nitrogen and oxygen atoms in total. The Balaban J connectivity index is 2.30. The summed E-state index contributed by atoms with van der Waals surface area (Å²) in [6.07, 6.45) is 5.86. The molecule has 1 aromatic rings. The summed E-state index contributed by atoms with van der Waals surface area (Å²) in [5, 5.41) is 0. The van der Waals surface area contributed by atoms with Crippen molar-refractivity contribution in [3.8, 4) is 0 Å². The monoisotopic (exact) mass is 304 g/mol. The molecule has 0 aromatic carbocycles. The second-order valence-corrected chi connectivity index (χ2v) is 7.31. The van der Waals surface area contributed by atoms with E-state index in [2.05, 4.69) is 0 Å². The predicted molar refractivity (Wildman–Crippen MR) is 76.9 cm³/mol. The molecule has 0 bridgehead atoms. The molecule has 0 amide bonds. The van der Waals surface area contributed by atoms with Crippen molar-refractivity contribution in [1.82, 2.24) is 8.87 Å². The maximum Gasteiger partial charge on any atom is 0.244 e. The van der Waals surface area contributed by atoms with E-state index in [1.54, 1.807) is 19.3 Å². The van der Waals surface area contributed by atoms with Crippen molar-refractivity contribution < 1.29 is 8.42 Å². The summed E-state index contributed by atoms with van der Waals surface area (Å²) in [6, 6.07) is 1.84. The zero-order valence-electron chi connectivity index (χ0n) is 11.5. The van der Waals surface area contributed by atoms with Gasteiger partial charge in [-0.2, -0.15) is 4.31 Å². The fraction of sp³-hybridized carbons (Fsp3) is 0.692. The largest absolute Gasteiger partial charge is 0.349 e. The Morgan fingerprint density at radius 2 is 2.05 bits per heavy atom. The molecule has 0 unspecified atom stereocenters. The summed E-state index contributed by atoms with van der Waals surface area (Å²) in [5.74, 6) is 0.330. The minimum atomic E-state index is -3.39. The maximum absolute atomic E-state index is 12.6. The van der Waals surface area contributed by atoms with Crippen LogP contribution in [-0.2, 0) is 22.4 Å². The molecular weight excluding hydrogens is 284 g/mol. The Bertz CT molecular complexity index is 511. The molecule has 0 saturated heterocycles. The molecule has 1 heterocycles. The maximum atomic E-state index is 12.6. The van der Waals surface area contributed by atoms with Crippen LogP contribution in [0.4, 0.5) is 0 Å². The number of sulfonamides is 1. The number of aromatic nitrogens is 1. The molecule has 1 aliphatic carbocycles. The molecule has 0 radical (unpaired) electrons. The average Bonchev–Trinajstić information content (AvgIpc) is 3.06. The van der Waals surface area contributed by atoms with Gasteiger partial charge in [-0.1, -0.05) is 12.8 Å². The summed E-state index contributed by atoms with van der Waals surface area (Å²) in [5.41, 5.74) is 0.850. The first kappa shape index (κ1) is 14.9. The van der Waals surface area contributed by atoms with Gasteiger partial charge in [-0.3, -0.25) is 0 Å². The molecule has 1 aliphatic rings. The van der Waals surface area contributed by atoms with Gasteiger partial charge in [-0.15, -0.1) is 11.6 Å². The van der Waals surface area contributed by atoms with Gasteiger partial charge in [0.1, 0.15) is 4.90 Å². The van der Waals surface area contributed by atoms with Crippen LogP contribution in [0, 0.1) is 0 Å². The number of alkyl halides is 1. The highest BCUT2D eigenvalue weighted by Crippen LogP contribution is 2.28. The molecule has 0 aliphatic heterocycles. The highest BCUT2D eigenvalue weighted by atomic mass is 35.5. The zero-order chi connectivity index (χ0) is 14.0. The van der Waals surface area contributed by atoms with Gasteiger partial charge in [0.15, 0.2) is 0 Å². The van der Waals surface area contributed by atoms with E-state index in [-0.39, 0.29) is 6.04 Å². The number of halogens is 1. The van der Waals surface area contributed by atoms with E-state index in [4.69, 9.17) is 11.6 Å². The molecule has 1 saturated carbocycles. The van der Waals surface area contributed by atoms with Crippen molar-refractivity contribution >= 4 is 21.6 Å². The third-order valence-corrected chi connectivity index (χ3v) is 6.10. The predicted octanol–water partition coefficient (Wildman–Crippen LogP) is 2.81. The number of aryl methyl sites for hydroxylation is 1. The summed E-state index contributed by atoms with van der Waals surface area (Å²) in [7, 11) is -1.70. The Labute approximate surface area is 120 Å². The molecule has 19 heavy (non-hydrogen) atoms. The van der Waals surface area contributed by atoms with Crippen LogP contribution in [0.3, 0.4) is 0 Å². The molecule has 0 atom stereocenters. The van der Waals surface area contributed by atoms with Crippen molar-refractivity contribution in [3.05, 3.63) is 18.0 Å². The van der Waals surface area contributed by atoms with Crippen LogP contribution < -0.4 is 0 Å². The van der Waals surface area contributed by atoms with Crippen LogP contribution >= 0.6 is 11.6 Å². The van der Waals surface area contributed by atoms with Gasteiger partial charge in [-0.25, -0.2) is 8.42 Å². The first-order valence-corrected chi connectivity index (χ1v) is 8.71. The third-order valence-electron chi connectivity index (χ3n) is 3.95. The second-order valence-electron chi connectivity index (χ2n) is 5.05. The topological polar surface area (TPSA) is 42.3 Å². The Morgan fingerprint density at radius 3 is 2.53 bits per heavy atom. The Kier molecular flexibility index (Phi) is 4.58. The van der Waals surface area contributed by atoms with Crippen LogP contribution in [0.2, 0.25) is 0 Å². The highest BCUT2D eigenvalue weighted by molar-refractivity contribution is 7.89. The van der Waals surface area contributed by atoms with E-state index in [9.17, 15) is 8.42 Å². The van der Waals surface area contributed by atoms with Crippen LogP contribution in [-0.4, -0.2) is 30.4 Å². The molecule has 1 fully saturated rings. The summed E-state index contributed by atoms with van der Waals surface area (Å²) < 4.78 is 28.6. The fourth-order valence-electron chi connectivity index (χ4n) is 2.70. The van der Waals surface area contributed by atoms with Gasteiger partial charge in [0.2, 0.25) is 10.0 Å². The Morgan fingerprint density at radius 1 is 1.42 bits per heavy atom. The number of hydrogen-bond donors (Lipinski definition) is 0. The lowest BCUT2D eigenvalue weighted by molar-refractivity contribution is 0.373. The van der Waals surface area contributed by atoms with E-state index in [0.29, 0.717) is 10.8 Å². The summed E-state index contributed by atoms with van der Waals surface area (Å²) in [6.45, 7) is 2.71. The molecule has 1 aromatic heterocycles. The van der Waals surface area contributed by atoms with Gasteiger partial charge in [0, 0.05) is 31.5 Å². The van der Waals surface area contributed by atoms with Crippen LogP contribution in [0.1, 0.15) is 38.3 Å². The van der Waals surface area contributed by atoms with Crippen LogP contribution in [0.15, 0.2) is 17.2 Å². The van der Waals surface area contributed by atoms with E-state index in [1.165, 1.54) is 4.31 Å². The van der Waals surface area contributed by atoms with E-state index in [1.807, 2.05) is 11.5 Å². The lowest BCUT2D eigenvalue weighted by atomic mass is 10.3. The average molecular weight is 305 g/mol. The Hall–Kier alpha value is -0.520. The van der Waals surface area contributed by atoms with Crippen molar-refractivity contribution in [2.24, 2.45) is 0 Å². The first-order chi connectivity index (χ1) is 9.00. The quantitative estimate of drug-likeness (QED) is 0.785. The highest BCUT2D eigenvalue weighted by Gasteiger charge is 2.31. The minimum Gasteiger partial charge on any atom is -0.349 e. The second kappa shape index (κ2) is 5.85. The van der Waals surface area contributed by atoms with Crippen molar-refractivity contribution in [3.63, 3.8) is 0 Å². The third kappa shape index (κ3) is 2.83. The van der Waals surface area contributed by atoms with Crippen LogP contribution in [0.25, 0.3) is 0 Å². The fourth-order valence-corrected chi connectivity index (χ4v) is 4.41. The lowest BCUT2D eigenvalue weighted by Crippen LogP contribution is -2.35. The number of hydrogen-bond acceptors (Lipinski definition) is 2. The lowest BCUT2D eigenvalue weighted by Gasteiger charge is -2.22. The van der Waals surface area contributed by atoms with E-state index >= 15 is 0 Å². The summed E-state index contributed by atoms with van der Waals surface area (Å²) >= 11 is 5.85. The smallest absolute Gasteiger partial charge is 0.244 e. The SMILES string of the molecule is CCn1cc(S(=O)(=O)N(C)C2CCCC2)cc1CCl. The van der Waals surface area contributed by atoms with Crippen molar-refractivity contribution in [2.75, 3.05) is 7.05 Å². The normalized spacial score (nSPS) is 17.5. The molecule has 108 valence electrons. The van der Waals surface area contributed by atoms with Crippen molar-refractivity contribution in [1.29, 1.82) is 0 Å². The molecular formula is C13H21ClN2O2S. The molecule has 0 spiro atoms. The van der Waals surface area contributed by atoms with E-state index in [0.717, 1.165) is 37.9 Å². The summed E-state index contributed by atoms with van der Waals surface area (Å²) in [4.78, 5) is 0.361. The standard InChI is InChI=1S/C13H21ClN2O2S/c1-3-16-10-13(8-12(16)9-14)19(17,18)15(2)11-6-4-5-7-11/h8,10-11H,3-7,9H2,1-2H3. The molecule has 0 N–H and O–H groups in total. The first-order valence-electron chi connectivity index (χ1n) is 6.73. The number of nitrogens with zero attached hydrogens (tertiary/aromatic N) is 2. The van der Waals surface area contributed by atoms with Gasteiger partial charge in [0.05, 0.1) is 5.88 Å². The molecule has 6 heteroatoms. The minimum absolute atomic E-state index is 0.148. The van der Waals surface area contributed by atoms with E-state index < -0.39 is 10.0 Å². The molecule has 2 rings (SSSR count). The van der Waals surface area contributed by atoms with Gasteiger partial charge in [0.25, 0.3) is 0 Å². The van der Waals surface area contributed by atoms with Gasteiger partial charge in [-0.05, 0) is 25.8 Å². The van der Waals surface area contributed by atoms with Crippen LogP contribution in [0.5, 0.6) is 0 Å².